The van der Waals surface area contributed by atoms with Crippen molar-refractivity contribution in [1.82, 2.24) is 9.29 Å². The third kappa shape index (κ3) is 1.98. The number of hydrogen-bond acceptors (Lipinski definition) is 4. The second kappa shape index (κ2) is 4.75. The number of fused-ring (bicyclic) bond motifs is 2. The first kappa shape index (κ1) is 14.1. The van der Waals surface area contributed by atoms with Gasteiger partial charge in [0.05, 0.1) is 11.6 Å². The Morgan fingerprint density at radius 2 is 2.14 bits per heavy atom. The van der Waals surface area contributed by atoms with Gasteiger partial charge in [-0.25, -0.2) is 8.42 Å². The van der Waals surface area contributed by atoms with Gasteiger partial charge in [0.25, 0.3) is 0 Å². The Morgan fingerprint density at radius 3 is 2.86 bits per heavy atom. The van der Waals surface area contributed by atoms with Gasteiger partial charge < -0.3 is 5.11 Å². The molecule has 1 N–H and O–H groups in total. The number of aliphatic hydroxyl groups is 1. The van der Waals surface area contributed by atoms with Gasteiger partial charge >= 0.3 is 0 Å². The summed E-state index contributed by atoms with van der Waals surface area (Å²) in [6.45, 7) is 2.81. The summed E-state index contributed by atoms with van der Waals surface area (Å²) < 4.78 is 27.6. The topological polar surface area (TPSA) is 70.5 Å². The molecule has 116 valence electrons. The first-order chi connectivity index (χ1) is 10.5. The molecule has 0 radical (unpaired) electrons. The molecule has 0 spiro atoms. The Balaban J connectivity index is 1.81. The molecule has 2 heterocycles. The Kier molecular flexibility index (Phi) is 3.04. The SMILES string of the molecule is Cc1cc(S(=O)(=O)N2CC3CC(O)C3C2)c2ncccc2c1. The predicted molar refractivity (Wildman–Crippen MR) is 82.8 cm³/mol. The van der Waals surface area contributed by atoms with E-state index < -0.39 is 10.0 Å². The Bertz CT molecular complexity index is 850. The van der Waals surface area contributed by atoms with Crippen molar-refractivity contribution < 1.29 is 13.5 Å². The quantitative estimate of drug-likeness (QED) is 0.912. The average molecular weight is 318 g/mol. The van der Waals surface area contributed by atoms with E-state index in [1.54, 1.807) is 12.3 Å². The van der Waals surface area contributed by atoms with Crippen molar-refractivity contribution in [2.75, 3.05) is 13.1 Å². The number of hydrogen-bond donors (Lipinski definition) is 1. The minimum absolute atomic E-state index is 0.0961. The minimum atomic E-state index is -3.58. The maximum atomic E-state index is 13.0. The summed E-state index contributed by atoms with van der Waals surface area (Å²) in [5.74, 6) is 0.396. The van der Waals surface area contributed by atoms with Gasteiger partial charge in [-0.05, 0) is 43.0 Å². The second-order valence-electron chi connectivity index (χ2n) is 6.39. The standard InChI is InChI=1S/C16H18N2O3S/c1-10-5-11-3-2-4-17-16(11)15(6-10)22(20,21)18-8-12-7-14(19)13(12)9-18/h2-6,12-14,19H,7-9H2,1H3. The molecule has 1 saturated carbocycles. The zero-order chi connectivity index (χ0) is 15.5. The molecular weight excluding hydrogens is 300 g/mol. The van der Waals surface area contributed by atoms with E-state index in [9.17, 15) is 13.5 Å². The molecular formula is C16H18N2O3S. The van der Waals surface area contributed by atoms with E-state index in [2.05, 4.69) is 4.98 Å². The minimum Gasteiger partial charge on any atom is -0.393 e. The van der Waals surface area contributed by atoms with Crippen LogP contribution in [-0.4, -0.2) is 42.0 Å². The highest BCUT2D eigenvalue weighted by molar-refractivity contribution is 7.89. The summed E-state index contributed by atoms with van der Waals surface area (Å²) in [6.07, 6.45) is 1.98. The van der Waals surface area contributed by atoms with Crippen LogP contribution in [-0.2, 0) is 10.0 Å². The molecule has 2 fully saturated rings. The highest BCUT2D eigenvalue weighted by Gasteiger charge is 2.49. The maximum absolute atomic E-state index is 13.0. The van der Waals surface area contributed by atoms with Gasteiger partial charge in [-0.15, -0.1) is 0 Å². The van der Waals surface area contributed by atoms with Gasteiger partial charge in [0, 0.05) is 30.6 Å². The second-order valence-corrected chi connectivity index (χ2v) is 8.29. The fraction of sp³-hybridized carbons (Fsp3) is 0.438. The first-order valence-electron chi connectivity index (χ1n) is 7.50. The third-order valence-electron chi connectivity index (χ3n) is 4.93. The van der Waals surface area contributed by atoms with Gasteiger partial charge in [-0.2, -0.15) is 4.31 Å². The van der Waals surface area contributed by atoms with Gasteiger partial charge in [-0.1, -0.05) is 6.07 Å². The van der Waals surface area contributed by atoms with Gasteiger partial charge in [-0.3, -0.25) is 4.98 Å². The van der Waals surface area contributed by atoms with Crippen LogP contribution in [0.2, 0.25) is 0 Å². The number of nitrogens with zero attached hydrogens (tertiary/aromatic N) is 2. The van der Waals surface area contributed by atoms with Crippen molar-refractivity contribution >= 4 is 20.9 Å². The molecule has 5 nitrogen and oxygen atoms in total. The molecule has 1 aromatic carbocycles. The molecule has 4 rings (SSSR count). The molecule has 1 aromatic heterocycles. The molecule has 1 aliphatic carbocycles. The smallest absolute Gasteiger partial charge is 0.245 e. The molecule has 0 bridgehead atoms. The maximum Gasteiger partial charge on any atom is 0.245 e. The average Bonchev–Trinajstić information content (AvgIpc) is 2.84. The lowest BCUT2D eigenvalue weighted by atomic mass is 9.74. The molecule has 6 heteroatoms. The summed E-state index contributed by atoms with van der Waals surface area (Å²) >= 11 is 0. The predicted octanol–water partition coefficient (Wildman–Crippen LogP) is 1.54. The molecule has 1 saturated heterocycles. The molecule has 3 atom stereocenters. The zero-order valence-corrected chi connectivity index (χ0v) is 13.1. The van der Waals surface area contributed by atoms with Crippen LogP contribution in [0.1, 0.15) is 12.0 Å². The lowest BCUT2D eigenvalue weighted by Gasteiger charge is -2.34. The molecule has 3 unspecified atom stereocenters. The summed E-state index contributed by atoms with van der Waals surface area (Å²) in [7, 11) is -3.58. The van der Waals surface area contributed by atoms with Crippen LogP contribution in [0.3, 0.4) is 0 Å². The highest BCUT2D eigenvalue weighted by atomic mass is 32.2. The van der Waals surface area contributed by atoms with E-state index in [4.69, 9.17) is 0 Å². The molecule has 2 aromatic rings. The van der Waals surface area contributed by atoms with E-state index in [0.29, 0.717) is 30.9 Å². The van der Waals surface area contributed by atoms with Crippen molar-refractivity contribution in [1.29, 1.82) is 0 Å². The molecule has 2 aliphatic rings. The van der Waals surface area contributed by atoms with Gasteiger partial charge in [0.2, 0.25) is 10.0 Å². The number of sulfonamides is 1. The van der Waals surface area contributed by atoms with Crippen LogP contribution in [0, 0.1) is 18.8 Å². The van der Waals surface area contributed by atoms with E-state index >= 15 is 0 Å². The molecule has 22 heavy (non-hydrogen) atoms. The van der Waals surface area contributed by atoms with Crippen molar-refractivity contribution in [2.45, 2.75) is 24.3 Å². The first-order valence-corrected chi connectivity index (χ1v) is 8.94. The number of benzene rings is 1. The number of aliphatic hydroxyl groups excluding tert-OH is 1. The van der Waals surface area contributed by atoms with Crippen LogP contribution in [0.15, 0.2) is 35.4 Å². The van der Waals surface area contributed by atoms with Crippen molar-refractivity contribution in [3.63, 3.8) is 0 Å². The van der Waals surface area contributed by atoms with Crippen LogP contribution in [0.4, 0.5) is 0 Å². The van der Waals surface area contributed by atoms with Crippen LogP contribution in [0.25, 0.3) is 10.9 Å². The molecule has 0 amide bonds. The summed E-state index contributed by atoms with van der Waals surface area (Å²) in [5.41, 5.74) is 1.43. The molecule has 1 aliphatic heterocycles. The summed E-state index contributed by atoms with van der Waals surface area (Å²) in [5, 5.41) is 10.6. The number of rotatable bonds is 2. The number of pyridine rings is 1. The van der Waals surface area contributed by atoms with E-state index in [1.807, 2.05) is 25.1 Å². The Labute approximate surface area is 129 Å². The van der Waals surface area contributed by atoms with E-state index in [1.165, 1.54) is 4.31 Å². The van der Waals surface area contributed by atoms with Crippen molar-refractivity contribution in [3.8, 4) is 0 Å². The number of aryl methyl sites for hydroxylation is 1. The van der Waals surface area contributed by atoms with Gasteiger partial charge in [0.1, 0.15) is 4.90 Å². The van der Waals surface area contributed by atoms with E-state index in [-0.39, 0.29) is 16.9 Å². The summed E-state index contributed by atoms with van der Waals surface area (Å²) in [6, 6.07) is 7.33. The fourth-order valence-electron chi connectivity index (χ4n) is 3.66. The van der Waals surface area contributed by atoms with Crippen LogP contribution < -0.4 is 0 Å². The Morgan fingerprint density at radius 1 is 1.32 bits per heavy atom. The fourth-order valence-corrected chi connectivity index (χ4v) is 5.45. The summed E-state index contributed by atoms with van der Waals surface area (Å²) in [4.78, 5) is 4.55. The van der Waals surface area contributed by atoms with Crippen LogP contribution >= 0.6 is 0 Å². The lowest BCUT2D eigenvalue weighted by molar-refractivity contribution is -0.00416. The van der Waals surface area contributed by atoms with Crippen LogP contribution in [0.5, 0.6) is 0 Å². The normalized spacial score (nSPS) is 28.5. The van der Waals surface area contributed by atoms with Gasteiger partial charge in [0.15, 0.2) is 0 Å². The largest absolute Gasteiger partial charge is 0.393 e. The monoisotopic (exact) mass is 318 g/mol. The van der Waals surface area contributed by atoms with Crippen molar-refractivity contribution in [2.24, 2.45) is 11.8 Å². The lowest BCUT2D eigenvalue weighted by Crippen LogP contribution is -2.39. The number of aromatic nitrogens is 1. The third-order valence-corrected chi connectivity index (χ3v) is 6.77. The Hall–Kier alpha value is -1.50. The van der Waals surface area contributed by atoms with Crippen molar-refractivity contribution in [3.05, 3.63) is 36.0 Å². The van der Waals surface area contributed by atoms with E-state index in [0.717, 1.165) is 10.9 Å². The zero-order valence-electron chi connectivity index (χ0n) is 12.3. The highest BCUT2D eigenvalue weighted by Crippen LogP contribution is 2.43.